The molecule has 0 fully saturated rings. The second-order valence-electron chi connectivity index (χ2n) is 3.34. The third kappa shape index (κ3) is 8.69. The van der Waals surface area contributed by atoms with Crippen LogP contribution in [-0.4, -0.2) is 49.1 Å². The van der Waals surface area contributed by atoms with Gasteiger partial charge in [-0.05, 0) is 6.42 Å². The molecular weight excluding hydrogens is 275 g/mol. The van der Waals surface area contributed by atoms with Gasteiger partial charge >= 0.3 is 24.2 Å². The first-order valence-electron chi connectivity index (χ1n) is 4.95. The number of hydrogen-bond acceptors (Lipinski definition) is 5. The SMILES string of the molecule is COC(=O)CC[C@H](NC(=O)OCC(F)(F)F)C(=O)O. The van der Waals surface area contributed by atoms with Crippen molar-refractivity contribution in [1.82, 2.24) is 5.32 Å². The van der Waals surface area contributed by atoms with Crippen LogP contribution < -0.4 is 5.32 Å². The average Bonchev–Trinajstić information content (AvgIpc) is 2.30. The van der Waals surface area contributed by atoms with Crippen LogP contribution in [-0.2, 0) is 19.1 Å². The van der Waals surface area contributed by atoms with Crippen molar-refractivity contribution < 1.29 is 42.1 Å². The fraction of sp³-hybridized carbons (Fsp3) is 0.667. The van der Waals surface area contributed by atoms with Gasteiger partial charge in [0.25, 0.3) is 0 Å². The lowest BCUT2D eigenvalue weighted by molar-refractivity contribution is -0.160. The second kappa shape index (κ2) is 7.44. The highest BCUT2D eigenvalue weighted by atomic mass is 19.4. The number of ether oxygens (including phenoxy) is 2. The van der Waals surface area contributed by atoms with E-state index in [4.69, 9.17) is 5.11 Å². The highest BCUT2D eigenvalue weighted by Crippen LogP contribution is 2.14. The highest BCUT2D eigenvalue weighted by molar-refractivity contribution is 5.80. The number of carboxylic acids is 1. The number of carbonyl (C=O) groups is 3. The Morgan fingerprint density at radius 1 is 1.32 bits per heavy atom. The van der Waals surface area contributed by atoms with Crippen LogP contribution in [0, 0.1) is 0 Å². The molecule has 2 N–H and O–H groups in total. The van der Waals surface area contributed by atoms with Crippen LogP contribution in [0.25, 0.3) is 0 Å². The van der Waals surface area contributed by atoms with Gasteiger partial charge in [-0.25, -0.2) is 9.59 Å². The fourth-order valence-corrected chi connectivity index (χ4v) is 0.953. The van der Waals surface area contributed by atoms with Crippen molar-refractivity contribution in [1.29, 1.82) is 0 Å². The minimum Gasteiger partial charge on any atom is -0.480 e. The number of rotatable bonds is 6. The lowest BCUT2D eigenvalue weighted by atomic mass is 10.1. The number of halogens is 3. The number of amides is 1. The summed E-state index contributed by atoms with van der Waals surface area (Å²) in [7, 11) is 1.09. The summed E-state index contributed by atoms with van der Waals surface area (Å²) in [6, 6.07) is -1.54. The summed E-state index contributed by atoms with van der Waals surface area (Å²) >= 11 is 0. The maximum atomic E-state index is 11.7. The van der Waals surface area contributed by atoms with E-state index in [0.29, 0.717) is 0 Å². The summed E-state index contributed by atoms with van der Waals surface area (Å²) in [5.41, 5.74) is 0. The molecule has 0 aromatic heterocycles. The Balaban J connectivity index is 4.23. The fourth-order valence-electron chi connectivity index (χ4n) is 0.953. The summed E-state index contributed by atoms with van der Waals surface area (Å²) in [4.78, 5) is 32.4. The third-order valence-electron chi connectivity index (χ3n) is 1.82. The molecule has 0 aliphatic heterocycles. The number of carboxylic acid groups (broad SMARTS) is 1. The first kappa shape index (κ1) is 17.0. The standard InChI is InChI=1S/C9H12F3NO6/c1-18-6(14)3-2-5(7(15)16)13-8(17)19-4-9(10,11)12/h5H,2-4H2,1H3,(H,13,17)(H,15,16)/t5-/m0/s1. The topological polar surface area (TPSA) is 102 Å². The molecule has 1 atom stereocenters. The zero-order valence-electron chi connectivity index (χ0n) is 9.82. The van der Waals surface area contributed by atoms with Gasteiger partial charge in [0.15, 0.2) is 6.61 Å². The van der Waals surface area contributed by atoms with Crippen molar-refractivity contribution in [2.24, 2.45) is 0 Å². The van der Waals surface area contributed by atoms with Crippen LogP contribution in [0.1, 0.15) is 12.8 Å². The monoisotopic (exact) mass is 287 g/mol. The summed E-state index contributed by atoms with van der Waals surface area (Å²) in [6.07, 6.45) is -6.88. The largest absolute Gasteiger partial charge is 0.480 e. The summed E-state index contributed by atoms with van der Waals surface area (Å²) < 4.78 is 43.2. The van der Waals surface area contributed by atoms with E-state index in [-0.39, 0.29) is 12.8 Å². The van der Waals surface area contributed by atoms with Crippen molar-refractivity contribution in [3.05, 3.63) is 0 Å². The van der Waals surface area contributed by atoms with Gasteiger partial charge in [-0.1, -0.05) is 0 Å². The van der Waals surface area contributed by atoms with E-state index in [1.807, 2.05) is 0 Å². The van der Waals surface area contributed by atoms with Gasteiger partial charge in [-0.15, -0.1) is 0 Å². The highest BCUT2D eigenvalue weighted by Gasteiger charge is 2.30. The van der Waals surface area contributed by atoms with Crippen molar-refractivity contribution >= 4 is 18.0 Å². The lowest BCUT2D eigenvalue weighted by Gasteiger charge is -2.14. The molecule has 1 amide bonds. The summed E-state index contributed by atoms with van der Waals surface area (Å²) in [5.74, 6) is -2.22. The van der Waals surface area contributed by atoms with E-state index >= 15 is 0 Å². The molecule has 0 aromatic rings. The molecule has 19 heavy (non-hydrogen) atoms. The predicted octanol–water partition coefficient (Wildman–Crippen LogP) is 0.681. The average molecular weight is 287 g/mol. The number of nitrogens with one attached hydrogen (secondary N) is 1. The zero-order chi connectivity index (χ0) is 15.1. The molecule has 0 spiro atoms. The van der Waals surface area contributed by atoms with Gasteiger partial charge < -0.3 is 19.9 Å². The van der Waals surface area contributed by atoms with Gasteiger partial charge in [0.2, 0.25) is 0 Å². The first-order valence-corrected chi connectivity index (χ1v) is 4.95. The van der Waals surface area contributed by atoms with Crippen LogP contribution in [0.3, 0.4) is 0 Å². The number of esters is 1. The quantitative estimate of drug-likeness (QED) is 0.696. The van der Waals surface area contributed by atoms with E-state index in [1.165, 1.54) is 0 Å². The Bertz CT molecular complexity index is 343. The normalized spacial score (nSPS) is 12.4. The Kier molecular flexibility index (Phi) is 6.66. The van der Waals surface area contributed by atoms with Crippen molar-refractivity contribution in [2.75, 3.05) is 13.7 Å². The molecule has 0 aliphatic rings. The zero-order valence-corrected chi connectivity index (χ0v) is 9.82. The number of alkyl carbamates (subject to hydrolysis) is 1. The maximum absolute atomic E-state index is 11.7. The molecule has 0 heterocycles. The van der Waals surface area contributed by atoms with Crippen molar-refractivity contribution in [3.63, 3.8) is 0 Å². The Hall–Kier alpha value is -2.00. The van der Waals surface area contributed by atoms with Gasteiger partial charge in [-0.3, -0.25) is 4.79 Å². The molecule has 0 rings (SSSR count). The van der Waals surface area contributed by atoms with Crippen molar-refractivity contribution in [3.8, 4) is 0 Å². The Morgan fingerprint density at radius 2 is 1.89 bits per heavy atom. The predicted molar refractivity (Wildman–Crippen MR) is 53.2 cm³/mol. The van der Waals surface area contributed by atoms with E-state index in [1.54, 1.807) is 5.32 Å². The molecule has 0 aliphatic carbocycles. The lowest BCUT2D eigenvalue weighted by Crippen LogP contribution is -2.42. The van der Waals surface area contributed by atoms with Gasteiger partial charge in [0.1, 0.15) is 6.04 Å². The molecular formula is C9H12F3NO6. The molecule has 7 nitrogen and oxygen atoms in total. The number of carbonyl (C=O) groups excluding carboxylic acids is 2. The first-order chi connectivity index (χ1) is 8.65. The minimum atomic E-state index is -4.71. The van der Waals surface area contributed by atoms with Crippen LogP contribution >= 0.6 is 0 Å². The van der Waals surface area contributed by atoms with E-state index in [2.05, 4.69) is 9.47 Å². The van der Waals surface area contributed by atoms with Crippen LogP contribution in [0.15, 0.2) is 0 Å². The van der Waals surface area contributed by atoms with Crippen molar-refractivity contribution in [2.45, 2.75) is 25.1 Å². The van der Waals surface area contributed by atoms with Gasteiger partial charge in [0.05, 0.1) is 7.11 Å². The minimum absolute atomic E-state index is 0.312. The second-order valence-corrected chi connectivity index (χ2v) is 3.34. The van der Waals surface area contributed by atoms with Crippen LogP contribution in [0.5, 0.6) is 0 Å². The summed E-state index contributed by atoms with van der Waals surface area (Å²) in [6.45, 7) is -1.83. The summed E-state index contributed by atoms with van der Waals surface area (Å²) in [5, 5.41) is 10.4. The van der Waals surface area contributed by atoms with E-state index in [0.717, 1.165) is 7.11 Å². The number of methoxy groups -OCH3 is 1. The Morgan fingerprint density at radius 3 is 2.32 bits per heavy atom. The number of hydrogen-bond donors (Lipinski definition) is 2. The number of alkyl halides is 3. The smallest absolute Gasteiger partial charge is 0.422 e. The molecule has 0 bridgehead atoms. The molecule has 0 saturated heterocycles. The van der Waals surface area contributed by atoms with Gasteiger partial charge in [0, 0.05) is 6.42 Å². The molecule has 0 radical (unpaired) electrons. The maximum Gasteiger partial charge on any atom is 0.422 e. The number of aliphatic carboxylic acids is 1. The molecule has 110 valence electrons. The molecule has 0 aromatic carbocycles. The van der Waals surface area contributed by atoms with Gasteiger partial charge in [-0.2, -0.15) is 13.2 Å². The van der Waals surface area contributed by atoms with E-state index < -0.39 is 36.9 Å². The molecule has 0 saturated carbocycles. The third-order valence-corrected chi connectivity index (χ3v) is 1.82. The van der Waals surface area contributed by atoms with Crippen LogP contribution in [0.4, 0.5) is 18.0 Å². The molecule has 10 heteroatoms. The van der Waals surface area contributed by atoms with E-state index in [9.17, 15) is 27.6 Å². The molecule has 0 unspecified atom stereocenters. The van der Waals surface area contributed by atoms with Crippen LogP contribution in [0.2, 0.25) is 0 Å². The Labute approximate surface area is 105 Å².